The fourth-order valence-electron chi connectivity index (χ4n) is 4.07. The van der Waals surface area contributed by atoms with Gasteiger partial charge in [-0.1, -0.05) is 0 Å². The summed E-state index contributed by atoms with van der Waals surface area (Å²) >= 11 is 0. The lowest BCUT2D eigenvalue weighted by Crippen LogP contribution is -2.46. The minimum atomic E-state index is -1.58. The van der Waals surface area contributed by atoms with E-state index in [1.165, 1.54) is 6.33 Å². The third-order valence-electron chi connectivity index (χ3n) is 5.75. The van der Waals surface area contributed by atoms with E-state index in [4.69, 9.17) is 29.4 Å². The zero-order valence-corrected chi connectivity index (χ0v) is 17.2. The Hall–Kier alpha value is -2.94. The van der Waals surface area contributed by atoms with Crippen molar-refractivity contribution in [1.29, 1.82) is 5.26 Å². The van der Waals surface area contributed by atoms with Gasteiger partial charge in [0.05, 0.1) is 12.3 Å². The molecular weight excluding hydrogens is 406 g/mol. The first-order valence-corrected chi connectivity index (χ1v) is 10.1. The average molecular weight is 429 g/mol. The number of anilines is 1. The maximum absolute atomic E-state index is 12.0. The van der Waals surface area contributed by atoms with Crippen LogP contribution in [0, 0.1) is 17.2 Å². The summed E-state index contributed by atoms with van der Waals surface area (Å²) in [5, 5.41) is 14.3. The van der Waals surface area contributed by atoms with Crippen molar-refractivity contribution in [3.63, 3.8) is 0 Å². The van der Waals surface area contributed by atoms with Gasteiger partial charge in [0.1, 0.15) is 42.8 Å². The highest BCUT2D eigenvalue weighted by atomic mass is 16.8. The molecule has 2 aliphatic heterocycles. The van der Waals surface area contributed by atoms with Crippen LogP contribution in [0.25, 0.3) is 5.52 Å². The second kappa shape index (κ2) is 7.05. The molecule has 0 bridgehead atoms. The van der Waals surface area contributed by atoms with Gasteiger partial charge in [0.15, 0.2) is 11.6 Å². The van der Waals surface area contributed by atoms with E-state index in [0.29, 0.717) is 29.6 Å². The Morgan fingerprint density at radius 3 is 2.87 bits per heavy atom. The van der Waals surface area contributed by atoms with Crippen LogP contribution < -0.4 is 5.73 Å². The number of aromatic nitrogens is 3. The molecule has 0 unspecified atom stereocenters. The van der Waals surface area contributed by atoms with Crippen LogP contribution in [0.4, 0.5) is 10.6 Å². The van der Waals surface area contributed by atoms with Crippen LogP contribution in [-0.4, -0.2) is 57.6 Å². The van der Waals surface area contributed by atoms with Gasteiger partial charge < -0.3 is 29.4 Å². The van der Waals surface area contributed by atoms with Gasteiger partial charge in [-0.15, -0.1) is 0 Å². The van der Waals surface area contributed by atoms with Crippen LogP contribution in [0.2, 0.25) is 0 Å². The van der Waals surface area contributed by atoms with Crippen LogP contribution in [0.5, 0.6) is 0 Å². The molecule has 0 radical (unpaired) electrons. The quantitative estimate of drug-likeness (QED) is 0.698. The normalized spacial score (nSPS) is 31.3. The highest BCUT2D eigenvalue weighted by molar-refractivity contribution is 5.65. The Bertz CT molecular complexity index is 1060. The number of rotatable bonds is 5. The zero-order valence-electron chi connectivity index (χ0n) is 17.2. The van der Waals surface area contributed by atoms with E-state index in [9.17, 15) is 10.1 Å². The minimum absolute atomic E-state index is 0.313. The fourth-order valence-corrected chi connectivity index (χ4v) is 4.07. The van der Waals surface area contributed by atoms with Gasteiger partial charge in [0.2, 0.25) is 5.60 Å². The van der Waals surface area contributed by atoms with Gasteiger partial charge in [0.25, 0.3) is 0 Å². The van der Waals surface area contributed by atoms with Gasteiger partial charge in [-0.2, -0.15) is 10.4 Å². The number of nitrogen functional groups attached to an aromatic ring is 1. The Morgan fingerprint density at radius 1 is 1.32 bits per heavy atom. The van der Waals surface area contributed by atoms with Crippen molar-refractivity contribution < 1.29 is 28.5 Å². The van der Waals surface area contributed by atoms with Gasteiger partial charge in [0, 0.05) is 0 Å². The molecule has 2 N–H and O–H groups in total. The topological polar surface area (TPSA) is 143 Å². The molecule has 2 aromatic rings. The number of ether oxygens (including phenoxy) is 5. The number of hydrogen-bond donors (Lipinski definition) is 1. The first-order chi connectivity index (χ1) is 14.8. The van der Waals surface area contributed by atoms with Gasteiger partial charge >= 0.3 is 6.16 Å². The molecule has 3 fully saturated rings. The SMILES string of the molecule is CC1(C)O[C@H]2[C@H](c3ccc4c(N)ncnn34)O[C@](C#N)(COC(=O)OCC3CC3)[C@H]2O1. The molecule has 1 saturated carbocycles. The molecule has 3 aliphatic rings. The maximum Gasteiger partial charge on any atom is 0.508 e. The highest BCUT2D eigenvalue weighted by Gasteiger charge is 2.65. The number of carbonyl (C=O) groups is 1. The fraction of sp³-hybridized carbons (Fsp3) is 0.600. The molecule has 11 nitrogen and oxygen atoms in total. The minimum Gasteiger partial charge on any atom is -0.434 e. The van der Waals surface area contributed by atoms with Crippen molar-refractivity contribution in [2.45, 2.75) is 56.4 Å². The first kappa shape index (κ1) is 20.0. The second-order valence-corrected chi connectivity index (χ2v) is 8.55. The largest absolute Gasteiger partial charge is 0.508 e. The molecule has 0 spiro atoms. The lowest BCUT2D eigenvalue weighted by atomic mass is 9.96. The van der Waals surface area contributed by atoms with Gasteiger partial charge in [-0.25, -0.2) is 14.3 Å². The number of fused-ring (bicyclic) bond motifs is 2. The van der Waals surface area contributed by atoms with E-state index >= 15 is 0 Å². The van der Waals surface area contributed by atoms with Gasteiger partial charge in [-0.3, -0.25) is 0 Å². The van der Waals surface area contributed by atoms with E-state index in [2.05, 4.69) is 16.2 Å². The van der Waals surface area contributed by atoms with E-state index in [0.717, 1.165) is 12.8 Å². The maximum atomic E-state index is 12.0. The Morgan fingerprint density at radius 2 is 2.13 bits per heavy atom. The number of nitriles is 1. The van der Waals surface area contributed by atoms with Crippen molar-refractivity contribution in [2.24, 2.45) is 5.92 Å². The van der Waals surface area contributed by atoms with E-state index in [1.807, 2.05) is 0 Å². The van der Waals surface area contributed by atoms with E-state index < -0.39 is 35.9 Å². The van der Waals surface area contributed by atoms with Crippen LogP contribution in [0.15, 0.2) is 18.5 Å². The molecular formula is C20H23N5O6. The molecule has 5 rings (SSSR count). The lowest BCUT2D eigenvalue weighted by molar-refractivity contribution is -0.205. The molecule has 1 aliphatic carbocycles. The summed E-state index contributed by atoms with van der Waals surface area (Å²) in [6, 6.07) is 5.70. The molecule has 31 heavy (non-hydrogen) atoms. The van der Waals surface area contributed by atoms with Crippen molar-refractivity contribution >= 4 is 17.5 Å². The molecule has 164 valence electrons. The Kier molecular flexibility index (Phi) is 4.55. The molecule has 2 aromatic heterocycles. The highest BCUT2D eigenvalue weighted by Crippen LogP contribution is 2.50. The predicted octanol–water partition coefficient (Wildman–Crippen LogP) is 1.73. The van der Waals surface area contributed by atoms with Crippen LogP contribution in [0.3, 0.4) is 0 Å². The standard InChI is InChI=1S/C20H23N5O6/c1-19(2)29-15-14(12-5-6-13-17(22)23-10-24-25(12)13)30-20(8-21,16(15)31-19)9-28-18(26)27-7-11-3-4-11/h5-6,10-11,14-16H,3-4,7,9H2,1-2H3,(H2,22,23,24)/t14-,15-,16-,20+/m0/s1. The predicted molar refractivity (Wildman–Crippen MR) is 103 cm³/mol. The Labute approximate surface area is 178 Å². The summed E-state index contributed by atoms with van der Waals surface area (Å²) in [5.74, 6) is -0.237. The molecule has 4 atom stereocenters. The van der Waals surface area contributed by atoms with Crippen molar-refractivity contribution in [3.8, 4) is 6.07 Å². The van der Waals surface area contributed by atoms with Crippen LogP contribution >= 0.6 is 0 Å². The van der Waals surface area contributed by atoms with Crippen molar-refractivity contribution in [1.82, 2.24) is 14.6 Å². The summed E-state index contributed by atoms with van der Waals surface area (Å²) in [6.45, 7) is 3.47. The number of nitrogens with two attached hydrogens (primary N) is 1. The molecule has 11 heteroatoms. The monoisotopic (exact) mass is 429 g/mol. The second-order valence-electron chi connectivity index (χ2n) is 8.55. The molecule has 0 amide bonds. The van der Waals surface area contributed by atoms with E-state index in [-0.39, 0.29) is 6.61 Å². The summed E-state index contributed by atoms with van der Waals surface area (Å²) in [7, 11) is 0. The average Bonchev–Trinajstić information content (AvgIpc) is 3.28. The summed E-state index contributed by atoms with van der Waals surface area (Å²) < 4.78 is 30.2. The number of nitrogens with zero attached hydrogens (tertiary/aromatic N) is 4. The zero-order chi connectivity index (χ0) is 21.8. The smallest absolute Gasteiger partial charge is 0.434 e. The first-order valence-electron chi connectivity index (χ1n) is 10.1. The summed E-state index contributed by atoms with van der Waals surface area (Å²) in [4.78, 5) is 16.0. The molecule has 4 heterocycles. The summed E-state index contributed by atoms with van der Waals surface area (Å²) in [5.41, 5.74) is 5.58. The number of carbonyl (C=O) groups excluding carboxylic acids is 1. The number of hydrogen-bond acceptors (Lipinski definition) is 10. The van der Waals surface area contributed by atoms with Crippen LogP contribution in [0.1, 0.15) is 38.5 Å². The molecule has 2 saturated heterocycles. The summed E-state index contributed by atoms with van der Waals surface area (Å²) in [6.07, 6.45) is 0.456. The van der Waals surface area contributed by atoms with Crippen LogP contribution in [-0.2, 0) is 23.7 Å². The third-order valence-corrected chi connectivity index (χ3v) is 5.75. The third kappa shape index (κ3) is 3.46. The lowest BCUT2D eigenvalue weighted by Gasteiger charge is -2.28. The van der Waals surface area contributed by atoms with Crippen molar-refractivity contribution in [2.75, 3.05) is 18.9 Å². The van der Waals surface area contributed by atoms with E-state index in [1.54, 1.807) is 30.5 Å². The molecule has 0 aromatic carbocycles. The van der Waals surface area contributed by atoms with Gasteiger partial charge in [-0.05, 0) is 44.7 Å². The van der Waals surface area contributed by atoms with Crippen molar-refractivity contribution in [3.05, 3.63) is 24.2 Å². The Balaban J connectivity index is 1.43.